The van der Waals surface area contributed by atoms with Crippen LogP contribution < -0.4 is 0 Å². The molecule has 0 N–H and O–H groups in total. The summed E-state index contributed by atoms with van der Waals surface area (Å²) in [6, 6.07) is 73.8. The third-order valence-electron chi connectivity index (χ3n) is 11.5. The molecule has 1 aliphatic carbocycles. The molecule has 270 valence electrons. The van der Waals surface area contributed by atoms with Gasteiger partial charge in [-0.05, 0) is 109 Å². The molecule has 1 aromatic heterocycles. The van der Waals surface area contributed by atoms with Gasteiger partial charge in [-0.1, -0.05) is 178 Å². The lowest BCUT2D eigenvalue weighted by molar-refractivity contribution is 0.660. The van der Waals surface area contributed by atoms with E-state index >= 15 is 0 Å². The maximum Gasteiger partial charge on any atom is 0.161 e. The molecule has 57 heavy (non-hydrogen) atoms. The molecule has 1 heterocycles. The van der Waals surface area contributed by atoms with Crippen molar-refractivity contribution in [3.8, 4) is 89.5 Å². The monoisotopic (exact) mass is 728 g/mol. The Bertz CT molecular complexity index is 2640. The summed E-state index contributed by atoms with van der Waals surface area (Å²) in [5.74, 6) is 0.713. The summed E-state index contributed by atoms with van der Waals surface area (Å²) in [5, 5.41) is 0. The van der Waals surface area contributed by atoms with Crippen LogP contribution in [-0.2, 0) is 5.41 Å². The van der Waals surface area contributed by atoms with Crippen molar-refractivity contribution in [2.24, 2.45) is 0 Å². The van der Waals surface area contributed by atoms with E-state index in [2.05, 4.69) is 220 Å². The average molecular weight is 729 g/mol. The van der Waals surface area contributed by atoms with Crippen molar-refractivity contribution in [1.29, 1.82) is 0 Å². The molecule has 2 heteroatoms. The average Bonchev–Trinajstić information content (AvgIpc) is 3.53. The normalized spacial score (nSPS) is 12.5. The van der Waals surface area contributed by atoms with E-state index in [1.165, 1.54) is 22.3 Å². The van der Waals surface area contributed by atoms with Crippen LogP contribution in [0.1, 0.15) is 25.0 Å². The molecule has 0 spiro atoms. The Morgan fingerprint density at radius 3 is 1.09 bits per heavy atom. The summed E-state index contributed by atoms with van der Waals surface area (Å²) in [6.07, 6.45) is 0. The van der Waals surface area contributed by atoms with E-state index in [1.54, 1.807) is 0 Å². The predicted molar refractivity (Wildman–Crippen MR) is 238 cm³/mol. The quantitative estimate of drug-likeness (QED) is 0.163. The molecule has 0 atom stereocenters. The fourth-order valence-corrected chi connectivity index (χ4v) is 8.54. The number of hydrogen-bond donors (Lipinski definition) is 0. The zero-order valence-corrected chi connectivity index (χ0v) is 32.0. The minimum absolute atomic E-state index is 0.147. The van der Waals surface area contributed by atoms with E-state index in [9.17, 15) is 0 Å². The highest BCUT2D eigenvalue weighted by Gasteiger charge is 2.37. The van der Waals surface area contributed by atoms with Crippen LogP contribution in [0.25, 0.3) is 89.5 Å². The van der Waals surface area contributed by atoms with Gasteiger partial charge in [-0.3, -0.25) is 0 Å². The number of aromatic nitrogens is 2. The van der Waals surface area contributed by atoms with E-state index in [0.29, 0.717) is 5.82 Å². The lowest BCUT2D eigenvalue weighted by Crippen LogP contribution is -2.14. The molecule has 0 bridgehead atoms. The largest absolute Gasteiger partial charge is 0.228 e. The van der Waals surface area contributed by atoms with Crippen LogP contribution in [0.3, 0.4) is 0 Å². The first-order valence-electron chi connectivity index (χ1n) is 19.6. The van der Waals surface area contributed by atoms with Crippen LogP contribution in [-0.4, -0.2) is 9.97 Å². The van der Waals surface area contributed by atoms with Gasteiger partial charge in [-0.2, -0.15) is 0 Å². The van der Waals surface area contributed by atoms with Gasteiger partial charge in [0.25, 0.3) is 0 Å². The van der Waals surface area contributed by atoms with Crippen molar-refractivity contribution in [2.45, 2.75) is 19.3 Å². The molecule has 1 aliphatic rings. The molecule has 0 amide bonds. The van der Waals surface area contributed by atoms with Gasteiger partial charge in [-0.15, -0.1) is 0 Å². The fraction of sp³-hybridized carbons (Fsp3) is 0.0545. The van der Waals surface area contributed by atoms with Crippen LogP contribution >= 0.6 is 0 Å². The van der Waals surface area contributed by atoms with Crippen molar-refractivity contribution in [3.63, 3.8) is 0 Å². The van der Waals surface area contributed by atoms with E-state index in [4.69, 9.17) is 9.97 Å². The van der Waals surface area contributed by atoms with Gasteiger partial charge in [0.05, 0.1) is 11.4 Å². The van der Waals surface area contributed by atoms with Crippen molar-refractivity contribution >= 4 is 0 Å². The molecule has 0 saturated heterocycles. The van der Waals surface area contributed by atoms with Crippen LogP contribution in [0.5, 0.6) is 0 Å². The Labute approximate surface area is 334 Å². The number of rotatable bonds is 7. The lowest BCUT2D eigenvalue weighted by atomic mass is 9.82. The minimum atomic E-state index is -0.147. The standard InChI is InChI=1S/C55H40N2/c1-55(2)49-28-16-15-26-47(49)53-48(27-17-29-50(53)55)54-56-51(45-32-41(37-18-7-3-8-19-37)30-42(33-45)38-20-9-4-10-21-38)36-52(57-54)46-34-43(39-22-11-5-12-23-39)31-44(35-46)40-24-13-6-14-25-40/h3-36H,1-2H3. The molecule has 0 fully saturated rings. The Kier molecular flexibility index (Phi) is 8.53. The highest BCUT2D eigenvalue weighted by atomic mass is 14.9. The van der Waals surface area contributed by atoms with E-state index in [1.807, 2.05) is 0 Å². The predicted octanol–water partition coefficient (Wildman–Crippen LogP) is 14.5. The van der Waals surface area contributed by atoms with E-state index in [-0.39, 0.29) is 5.41 Å². The molecule has 0 radical (unpaired) electrons. The second kappa shape index (κ2) is 14.2. The molecule has 0 unspecified atom stereocenters. The fourth-order valence-electron chi connectivity index (χ4n) is 8.54. The van der Waals surface area contributed by atoms with Gasteiger partial charge in [-0.25, -0.2) is 9.97 Å². The Morgan fingerprint density at radius 1 is 0.298 bits per heavy atom. The molecule has 0 saturated carbocycles. The molecule has 8 aromatic carbocycles. The molecule has 9 aromatic rings. The SMILES string of the molecule is CC1(C)c2ccccc2-c2c(-c3nc(-c4cc(-c5ccccc5)cc(-c5ccccc5)c4)cc(-c4cc(-c5ccccc5)cc(-c5ccccc5)c4)n3)cccc21. The van der Waals surface area contributed by atoms with Gasteiger partial charge in [0.2, 0.25) is 0 Å². The van der Waals surface area contributed by atoms with Crippen molar-refractivity contribution in [2.75, 3.05) is 0 Å². The topological polar surface area (TPSA) is 25.8 Å². The van der Waals surface area contributed by atoms with Crippen LogP contribution in [0, 0.1) is 0 Å². The second-order valence-corrected chi connectivity index (χ2v) is 15.4. The number of fused-ring (bicyclic) bond motifs is 3. The number of nitrogens with zero attached hydrogens (tertiary/aromatic N) is 2. The van der Waals surface area contributed by atoms with E-state index < -0.39 is 0 Å². The maximum absolute atomic E-state index is 5.52. The van der Waals surface area contributed by atoms with Gasteiger partial charge in [0.15, 0.2) is 5.82 Å². The minimum Gasteiger partial charge on any atom is -0.228 e. The summed E-state index contributed by atoms with van der Waals surface area (Å²) in [7, 11) is 0. The van der Waals surface area contributed by atoms with Gasteiger partial charge < -0.3 is 0 Å². The zero-order valence-electron chi connectivity index (χ0n) is 32.0. The van der Waals surface area contributed by atoms with Crippen LogP contribution in [0.2, 0.25) is 0 Å². The molecule has 2 nitrogen and oxygen atoms in total. The lowest BCUT2D eigenvalue weighted by Gasteiger charge is -2.21. The Hall–Kier alpha value is -7.16. The maximum atomic E-state index is 5.52. The first-order valence-corrected chi connectivity index (χ1v) is 19.6. The smallest absolute Gasteiger partial charge is 0.161 e. The molecule has 0 aliphatic heterocycles. The third kappa shape index (κ3) is 6.36. The molecular weight excluding hydrogens is 689 g/mol. The zero-order chi connectivity index (χ0) is 38.3. The Balaban J connectivity index is 1.25. The van der Waals surface area contributed by atoms with Crippen molar-refractivity contribution in [1.82, 2.24) is 9.97 Å². The van der Waals surface area contributed by atoms with Gasteiger partial charge >= 0.3 is 0 Å². The Morgan fingerprint density at radius 2 is 0.649 bits per heavy atom. The summed E-state index contributed by atoms with van der Waals surface area (Å²) in [5.41, 5.74) is 19.0. The van der Waals surface area contributed by atoms with Crippen molar-refractivity contribution < 1.29 is 0 Å². The van der Waals surface area contributed by atoms with Crippen LogP contribution in [0.4, 0.5) is 0 Å². The summed E-state index contributed by atoms with van der Waals surface area (Å²) < 4.78 is 0. The van der Waals surface area contributed by atoms with Gasteiger partial charge in [0, 0.05) is 22.1 Å². The first kappa shape index (κ1) is 34.3. The highest BCUT2D eigenvalue weighted by Crippen LogP contribution is 2.52. The van der Waals surface area contributed by atoms with Crippen LogP contribution in [0.15, 0.2) is 206 Å². The second-order valence-electron chi connectivity index (χ2n) is 15.4. The van der Waals surface area contributed by atoms with E-state index in [0.717, 1.165) is 72.6 Å². The summed E-state index contributed by atoms with van der Waals surface area (Å²) >= 11 is 0. The first-order chi connectivity index (χ1) is 28.0. The summed E-state index contributed by atoms with van der Waals surface area (Å²) in [6.45, 7) is 4.65. The number of hydrogen-bond acceptors (Lipinski definition) is 2. The third-order valence-corrected chi connectivity index (χ3v) is 11.5. The summed E-state index contributed by atoms with van der Waals surface area (Å²) in [4.78, 5) is 11.0. The molecule has 10 rings (SSSR count). The highest BCUT2D eigenvalue weighted by molar-refractivity contribution is 5.92. The van der Waals surface area contributed by atoms with Crippen molar-refractivity contribution in [3.05, 3.63) is 217 Å². The molecular formula is C55H40N2. The number of benzene rings is 8. The van der Waals surface area contributed by atoms with Gasteiger partial charge in [0.1, 0.15) is 0 Å².